The summed E-state index contributed by atoms with van der Waals surface area (Å²) in [7, 11) is 0. The van der Waals surface area contributed by atoms with Crippen LogP contribution < -0.4 is 0 Å². The Balaban J connectivity index is 1.83. The van der Waals surface area contributed by atoms with E-state index in [-0.39, 0.29) is 5.54 Å². The third kappa shape index (κ3) is 2.39. The highest BCUT2D eigenvalue weighted by atomic mass is 15.2. The molecule has 1 nitrogen and oxygen atoms in total. The summed E-state index contributed by atoms with van der Waals surface area (Å²) in [6.07, 6.45) is 3.48. The van der Waals surface area contributed by atoms with Gasteiger partial charge in [-0.25, -0.2) is 0 Å². The standard InChI is InChI=1S/C22H25N/c1-22(2,3)23-20-14-13-16-9-7-8-12-18(16)19(20)15-21(23)17-10-5-4-6-11-17/h4-12,21H,13-15H2,1-3H3. The first-order chi connectivity index (χ1) is 11.1. The van der Waals surface area contributed by atoms with Gasteiger partial charge in [-0.2, -0.15) is 0 Å². The highest BCUT2D eigenvalue weighted by Gasteiger charge is 2.40. The van der Waals surface area contributed by atoms with Gasteiger partial charge < -0.3 is 4.90 Å². The molecule has 0 bridgehead atoms. The monoisotopic (exact) mass is 303 g/mol. The van der Waals surface area contributed by atoms with Crippen molar-refractivity contribution in [1.82, 2.24) is 4.90 Å². The lowest BCUT2D eigenvalue weighted by Crippen LogP contribution is -2.41. The Bertz CT molecular complexity index is 749. The van der Waals surface area contributed by atoms with Crippen molar-refractivity contribution in [3.63, 3.8) is 0 Å². The minimum atomic E-state index is 0.143. The van der Waals surface area contributed by atoms with Crippen molar-refractivity contribution in [2.45, 2.75) is 51.6 Å². The zero-order chi connectivity index (χ0) is 16.0. The molecular weight excluding hydrogens is 278 g/mol. The smallest absolute Gasteiger partial charge is 0.0586 e. The van der Waals surface area contributed by atoms with Crippen LogP contribution in [0.3, 0.4) is 0 Å². The second kappa shape index (κ2) is 5.26. The summed E-state index contributed by atoms with van der Waals surface area (Å²) in [5.41, 5.74) is 7.74. The van der Waals surface area contributed by atoms with Crippen LogP contribution in [0.2, 0.25) is 0 Å². The van der Waals surface area contributed by atoms with Gasteiger partial charge in [0, 0.05) is 11.2 Å². The van der Waals surface area contributed by atoms with Crippen LogP contribution in [0.1, 0.15) is 56.3 Å². The van der Waals surface area contributed by atoms with Gasteiger partial charge in [0.25, 0.3) is 0 Å². The van der Waals surface area contributed by atoms with Gasteiger partial charge in [0.1, 0.15) is 0 Å². The first kappa shape index (κ1) is 14.6. The third-order valence-electron chi connectivity index (χ3n) is 5.23. The van der Waals surface area contributed by atoms with Crippen LogP contribution in [0.4, 0.5) is 0 Å². The summed E-state index contributed by atoms with van der Waals surface area (Å²) in [5, 5.41) is 0. The van der Waals surface area contributed by atoms with E-state index in [0.29, 0.717) is 6.04 Å². The lowest BCUT2D eigenvalue weighted by atomic mass is 9.87. The minimum Gasteiger partial charge on any atom is -0.362 e. The summed E-state index contributed by atoms with van der Waals surface area (Å²) in [4.78, 5) is 2.69. The molecule has 1 unspecified atom stereocenters. The summed E-state index contributed by atoms with van der Waals surface area (Å²) in [6, 6.07) is 20.5. The molecule has 2 aliphatic rings. The van der Waals surface area contributed by atoms with Crippen molar-refractivity contribution in [3.05, 3.63) is 77.0 Å². The largest absolute Gasteiger partial charge is 0.362 e. The molecule has 0 saturated carbocycles. The van der Waals surface area contributed by atoms with Crippen molar-refractivity contribution in [2.24, 2.45) is 0 Å². The van der Waals surface area contributed by atoms with Crippen molar-refractivity contribution < 1.29 is 0 Å². The maximum atomic E-state index is 2.69. The van der Waals surface area contributed by atoms with E-state index < -0.39 is 0 Å². The van der Waals surface area contributed by atoms with Crippen LogP contribution in [0.15, 0.2) is 60.3 Å². The molecule has 118 valence electrons. The Morgan fingerprint density at radius 1 is 0.870 bits per heavy atom. The quantitative estimate of drug-likeness (QED) is 0.664. The first-order valence-corrected chi connectivity index (χ1v) is 8.70. The summed E-state index contributed by atoms with van der Waals surface area (Å²) in [6.45, 7) is 7.04. The molecular formula is C22H25N. The minimum absolute atomic E-state index is 0.143. The second-order valence-electron chi connectivity index (χ2n) is 7.75. The number of benzene rings is 2. The van der Waals surface area contributed by atoms with Gasteiger partial charge in [0.05, 0.1) is 6.04 Å². The fourth-order valence-corrected chi connectivity index (χ4v) is 4.37. The fraction of sp³-hybridized carbons (Fsp3) is 0.364. The van der Waals surface area contributed by atoms with Gasteiger partial charge in [-0.3, -0.25) is 0 Å². The molecule has 0 saturated heterocycles. The molecule has 2 aromatic rings. The summed E-state index contributed by atoms with van der Waals surface area (Å²) in [5.74, 6) is 0. The number of hydrogen-bond donors (Lipinski definition) is 0. The number of aryl methyl sites for hydroxylation is 1. The highest BCUT2D eigenvalue weighted by Crippen LogP contribution is 2.50. The molecule has 0 aromatic heterocycles. The van der Waals surface area contributed by atoms with Crippen molar-refractivity contribution in [3.8, 4) is 0 Å². The predicted molar refractivity (Wildman–Crippen MR) is 97.1 cm³/mol. The molecule has 1 atom stereocenters. The Kier molecular flexibility index (Phi) is 3.33. The van der Waals surface area contributed by atoms with E-state index in [1.54, 1.807) is 11.3 Å². The van der Waals surface area contributed by atoms with Gasteiger partial charge in [-0.15, -0.1) is 0 Å². The van der Waals surface area contributed by atoms with Gasteiger partial charge in [0.2, 0.25) is 0 Å². The Labute approximate surface area is 139 Å². The first-order valence-electron chi connectivity index (χ1n) is 8.70. The van der Waals surface area contributed by atoms with Gasteiger partial charge in [0.15, 0.2) is 0 Å². The molecule has 0 fully saturated rings. The van der Waals surface area contributed by atoms with E-state index >= 15 is 0 Å². The number of hydrogen-bond acceptors (Lipinski definition) is 1. The van der Waals surface area contributed by atoms with E-state index in [1.165, 1.54) is 29.5 Å². The SMILES string of the molecule is CC(C)(C)N1C2=C(CC1c1ccccc1)c1ccccc1CC2. The van der Waals surface area contributed by atoms with Crippen molar-refractivity contribution in [1.29, 1.82) is 0 Å². The van der Waals surface area contributed by atoms with Crippen LogP contribution >= 0.6 is 0 Å². The van der Waals surface area contributed by atoms with Crippen molar-refractivity contribution >= 4 is 5.57 Å². The molecule has 0 amide bonds. The molecule has 1 aliphatic carbocycles. The zero-order valence-corrected chi connectivity index (χ0v) is 14.3. The zero-order valence-electron chi connectivity index (χ0n) is 14.3. The number of nitrogens with zero attached hydrogens (tertiary/aromatic N) is 1. The molecule has 23 heavy (non-hydrogen) atoms. The summed E-state index contributed by atoms with van der Waals surface area (Å²) >= 11 is 0. The normalized spacial score (nSPS) is 20.5. The number of rotatable bonds is 1. The van der Waals surface area contributed by atoms with E-state index in [4.69, 9.17) is 0 Å². The average molecular weight is 303 g/mol. The van der Waals surface area contributed by atoms with Crippen LogP contribution in [0, 0.1) is 0 Å². The molecule has 1 heteroatoms. The Morgan fingerprint density at radius 2 is 1.57 bits per heavy atom. The van der Waals surface area contributed by atoms with E-state index in [9.17, 15) is 0 Å². The van der Waals surface area contributed by atoms with Crippen LogP contribution in [-0.2, 0) is 6.42 Å². The van der Waals surface area contributed by atoms with Crippen LogP contribution in [-0.4, -0.2) is 10.4 Å². The van der Waals surface area contributed by atoms with Crippen LogP contribution in [0.25, 0.3) is 5.57 Å². The fourth-order valence-electron chi connectivity index (χ4n) is 4.37. The van der Waals surface area contributed by atoms with E-state index in [1.807, 2.05) is 0 Å². The second-order valence-corrected chi connectivity index (χ2v) is 7.75. The molecule has 0 spiro atoms. The van der Waals surface area contributed by atoms with Gasteiger partial charge in [-0.05, 0) is 62.3 Å². The van der Waals surface area contributed by atoms with E-state index in [0.717, 1.165) is 6.42 Å². The maximum absolute atomic E-state index is 2.69. The molecule has 0 N–H and O–H groups in total. The maximum Gasteiger partial charge on any atom is 0.0586 e. The van der Waals surface area contributed by atoms with Crippen LogP contribution in [0.5, 0.6) is 0 Å². The predicted octanol–water partition coefficient (Wildman–Crippen LogP) is 5.59. The molecule has 1 aliphatic heterocycles. The van der Waals surface area contributed by atoms with Gasteiger partial charge >= 0.3 is 0 Å². The number of allylic oxidation sites excluding steroid dienone is 1. The highest BCUT2D eigenvalue weighted by molar-refractivity contribution is 5.75. The third-order valence-corrected chi connectivity index (χ3v) is 5.23. The van der Waals surface area contributed by atoms with Crippen molar-refractivity contribution in [2.75, 3.05) is 0 Å². The number of fused-ring (bicyclic) bond motifs is 2. The topological polar surface area (TPSA) is 3.24 Å². The molecule has 0 radical (unpaired) electrons. The lowest BCUT2D eigenvalue weighted by Gasteiger charge is -2.42. The molecule has 2 aromatic carbocycles. The average Bonchev–Trinajstić information content (AvgIpc) is 2.96. The lowest BCUT2D eigenvalue weighted by molar-refractivity contribution is 0.139. The van der Waals surface area contributed by atoms with Gasteiger partial charge in [-0.1, -0.05) is 54.6 Å². The molecule has 4 rings (SSSR count). The Hall–Kier alpha value is -2.02. The summed E-state index contributed by atoms with van der Waals surface area (Å²) < 4.78 is 0. The Morgan fingerprint density at radius 3 is 2.30 bits per heavy atom. The molecule has 1 heterocycles. The van der Waals surface area contributed by atoms with E-state index in [2.05, 4.69) is 80.3 Å².